The van der Waals surface area contributed by atoms with E-state index in [0.29, 0.717) is 11.7 Å². The van der Waals surface area contributed by atoms with Crippen LogP contribution in [-0.2, 0) is 20.9 Å². The van der Waals surface area contributed by atoms with Gasteiger partial charge >= 0.3 is 0 Å². The van der Waals surface area contributed by atoms with Crippen molar-refractivity contribution in [1.29, 1.82) is 0 Å². The summed E-state index contributed by atoms with van der Waals surface area (Å²) in [7, 11) is 0. The number of allylic oxidation sites excluding steroid dienone is 2. The van der Waals surface area contributed by atoms with Gasteiger partial charge in [-0.2, -0.15) is 0 Å². The minimum absolute atomic E-state index is 0.127. The number of aromatic nitrogens is 1. The highest BCUT2D eigenvalue weighted by atomic mass is 32.1. The number of rotatable bonds is 5. The third-order valence-electron chi connectivity index (χ3n) is 7.39. The van der Waals surface area contributed by atoms with E-state index < -0.39 is 0 Å². The monoisotopic (exact) mass is 471 g/mol. The first-order valence-electron chi connectivity index (χ1n) is 11.7. The summed E-state index contributed by atoms with van der Waals surface area (Å²) in [5.41, 5.74) is 4.04. The fraction of sp³-hybridized carbons (Fsp3) is 0.333. The van der Waals surface area contributed by atoms with Crippen molar-refractivity contribution >= 4 is 44.4 Å². The van der Waals surface area contributed by atoms with E-state index in [-0.39, 0.29) is 47.9 Å². The maximum atomic E-state index is 13.7. The van der Waals surface area contributed by atoms with Crippen LogP contribution in [0.25, 0.3) is 10.2 Å². The van der Waals surface area contributed by atoms with E-state index in [0.717, 1.165) is 33.3 Å². The second-order valence-corrected chi connectivity index (χ2v) is 10.7. The van der Waals surface area contributed by atoms with E-state index in [4.69, 9.17) is 4.98 Å². The normalized spacial score (nSPS) is 24.9. The Balaban J connectivity index is 1.32. The number of anilines is 1. The number of fused-ring (bicyclic) bond motifs is 6. The summed E-state index contributed by atoms with van der Waals surface area (Å²) in [6.45, 7) is 4.14. The average molecular weight is 472 g/mol. The van der Waals surface area contributed by atoms with Gasteiger partial charge < -0.3 is 0 Å². The highest BCUT2D eigenvalue weighted by molar-refractivity contribution is 7.22. The predicted octanol–water partition coefficient (Wildman–Crippen LogP) is 4.25. The molecule has 3 aliphatic rings. The number of amides is 3. The van der Waals surface area contributed by atoms with Gasteiger partial charge in [0.05, 0.1) is 28.6 Å². The molecule has 6 nitrogen and oxygen atoms in total. The molecule has 4 atom stereocenters. The maximum Gasteiger partial charge on any atom is 0.249 e. The van der Waals surface area contributed by atoms with E-state index in [9.17, 15) is 14.4 Å². The smallest absolute Gasteiger partial charge is 0.249 e. The summed E-state index contributed by atoms with van der Waals surface area (Å²) in [5, 5.41) is 0.582. The molecule has 2 aliphatic carbocycles. The number of aryl methyl sites for hydroxylation is 2. The summed E-state index contributed by atoms with van der Waals surface area (Å²) >= 11 is 1.46. The molecule has 34 heavy (non-hydrogen) atoms. The van der Waals surface area contributed by atoms with Gasteiger partial charge in [-0.1, -0.05) is 59.9 Å². The number of nitrogens with zero attached hydrogens (tertiary/aromatic N) is 3. The van der Waals surface area contributed by atoms with Crippen LogP contribution in [0, 0.1) is 37.5 Å². The van der Waals surface area contributed by atoms with E-state index in [2.05, 4.69) is 24.3 Å². The first-order valence-corrected chi connectivity index (χ1v) is 12.5. The van der Waals surface area contributed by atoms with Crippen molar-refractivity contribution in [3.63, 3.8) is 0 Å². The molecule has 0 spiro atoms. The molecule has 1 saturated carbocycles. The van der Waals surface area contributed by atoms with E-state index in [1.165, 1.54) is 16.2 Å². The van der Waals surface area contributed by atoms with Gasteiger partial charge in [0.2, 0.25) is 17.7 Å². The van der Waals surface area contributed by atoms with Crippen molar-refractivity contribution in [1.82, 2.24) is 9.88 Å². The summed E-state index contributed by atoms with van der Waals surface area (Å²) in [6.07, 6.45) is 5.00. The molecule has 6 rings (SSSR count). The Kier molecular flexibility index (Phi) is 4.92. The zero-order valence-corrected chi connectivity index (χ0v) is 19.9. The number of imide groups is 1. The number of likely N-dealkylation sites (tertiary alicyclic amines) is 1. The highest BCUT2D eigenvalue weighted by Gasteiger charge is 2.59. The van der Waals surface area contributed by atoms with Crippen LogP contribution >= 0.6 is 11.3 Å². The first kappa shape index (κ1) is 21.2. The Labute approximate surface area is 201 Å². The minimum atomic E-state index is -0.300. The van der Waals surface area contributed by atoms with Gasteiger partial charge in [-0.15, -0.1) is 0 Å². The van der Waals surface area contributed by atoms with Crippen molar-refractivity contribution in [3.05, 3.63) is 71.3 Å². The number of benzene rings is 2. The van der Waals surface area contributed by atoms with Crippen LogP contribution in [0.2, 0.25) is 0 Å². The number of carbonyl (C=O) groups excluding carboxylic acids is 3. The lowest BCUT2D eigenvalue weighted by Crippen LogP contribution is -2.43. The molecule has 0 N–H and O–H groups in total. The van der Waals surface area contributed by atoms with E-state index in [1.807, 2.05) is 44.2 Å². The fourth-order valence-corrected chi connectivity index (χ4v) is 7.00. The number of hydrogen-bond donors (Lipinski definition) is 0. The predicted molar refractivity (Wildman–Crippen MR) is 131 cm³/mol. The van der Waals surface area contributed by atoms with Gasteiger partial charge in [-0.05, 0) is 54.9 Å². The van der Waals surface area contributed by atoms with Crippen molar-refractivity contribution in [2.45, 2.75) is 26.8 Å². The topological polar surface area (TPSA) is 70.6 Å². The first-order chi connectivity index (χ1) is 16.4. The molecule has 1 aliphatic heterocycles. The van der Waals surface area contributed by atoms with Crippen LogP contribution in [0.1, 0.15) is 23.1 Å². The summed E-state index contributed by atoms with van der Waals surface area (Å²) in [4.78, 5) is 47.6. The molecular weight excluding hydrogens is 446 g/mol. The zero-order chi connectivity index (χ0) is 23.6. The van der Waals surface area contributed by atoms with Crippen LogP contribution in [0.4, 0.5) is 5.13 Å². The fourth-order valence-electron chi connectivity index (χ4n) is 5.84. The van der Waals surface area contributed by atoms with Gasteiger partial charge in [0.15, 0.2) is 5.13 Å². The summed E-state index contributed by atoms with van der Waals surface area (Å²) < 4.78 is 1.02. The summed E-state index contributed by atoms with van der Waals surface area (Å²) in [6, 6.07) is 13.9. The zero-order valence-electron chi connectivity index (χ0n) is 19.1. The SMILES string of the molecule is Cc1cc(C)c2nc(N(Cc3ccccc3)C(=O)CN3C(=O)C4C5C=CC(C5)C4C3=O)sc2c1. The molecule has 3 aromatic rings. The molecule has 7 heteroatoms. The van der Waals surface area contributed by atoms with Gasteiger partial charge in [0.25, 0.3) is 0 Å². The second-order valence-electron chi connectivity index (χ2n) is 9.65. The molecule has 2 aromatic carbocycles. The minimum Gasteiger partial charge on any atom is -0.282 e. The van der Waals surface area contributed by atoms with Crippen LogP contribution in [0.15, 0.2) is 54.6 Å². The Morgan fingerprint density at radius 1 is 1.06 bits per heavy atom. The highest BCUT2D eigenvalue weighted by Crippen LogP contribution is 2.52. The molecule has 1 aromatic heterocycles. The van der Waals surface area contributed by atoms with Gasteiger partial charge in [0, 0.05) is 0 Å². The molecule has 3 amide bonds. The molecule has 172 valence electrons. The standard InChI is InChI=1S/C27H25N3O3S/c1-15-10-16(2)24-20(11-15)34-27(28-24)29(13-17-6-4-3-5-7-17)21(31)14-30-25(32)22-18-8-9-19(12-18)23(22)26(30)33/h3-11,18-19,22-23H,12-14H2,1-2H3. The van der Waals surface area contributed by atoms with Crippen molar-refractivity contribution in [2.24, 2.45) is 23.7 Å². The van der Waals surface area contributed by atoms with Crippen LogP contribution in [-0.4, -0.2) is 34.2 Å². The van der Waals surface area contributed by atoms with Crippen LogP contribution in [0.3, 0.4) is 0 Å². The lowest BCUT2D eigenvalue weighted by Gasteiger charge is -2.23. The van der Waals surface area contributed by atoms with E-state index in [1.54, 1.807) is 4.90 Å². The molecule has 2 fully saturated rings. The van der Waals surface area contributed by atoms with Crippen molar-refractivity contribution in [2.75, 3.05) is 11.4 Å². The summed E-state index contributed by atoms with van der Waals surface area (Å²) in [5.74, 6) is -1.03. The molecule has 1 saturated heterocycles. The quantitative estimate of drug-likeness (QED) is 0.412. The van der Waals surface area contributed by atoms with Crippen molar-refractivity contribution < 1.29 is 14.4 Å². The molecule has 4 unspecified atom stereocenters. The van der Waals surface area contributed by atoms with Crippen LogP contribution in [0.5, 0.6) is 0 Å². The molecule has 0 radical (unpaired) electrons. The van der Waals surface area contributed by atoms with Gasteiger partial charge in [-0.25, -0.2) is 4.98 Å². The number of hydrogen-bond acceptors (Lipinski definition) is 5. The average Bonchev–Trinajstić information content (AvgIpc) is 3.58. The maximum absolute atomic E-state index is 13.7. The molecular formula is C27H25N3O3S. The third kappa shape index (κ3) is 3.29. The van der Waals surface area contributed by atoms with E-state index >= 15 is 0 Å². The largest absolute Gasteiger partial charge is 0.282 e. The lowest BCUT2D eigenvalue weighted by molar-refractivity contribution is -0.143. The van der Waals surface area contributed by atoms with Crippen LogP contribution < -0.4 is 4.90 Å². The third-order valence-corrected chi connectivity index (χ3v) is 8.41. The number of carbonyl (C=O) groups is 3. The Morgan fingerprint density at radius 2 is 1.74 bits per heavy atom. The Morgan fingerprint density at radius 3 is 2.41 bits per heavy atom. The molecule has 2 bridgehead atoms. The Bertz CT molecular complexity index is 1330. The second kappa shape index (κ2) is 7.87. The van der Waals surface area contributed by atoms with Gasteiger partial charge in [-0.3, -0.25) is 24.2 Å². The van der Waals surface area contributed by atoms with Crippen molar-refractivity contribution in [3.8, 4) is 0 Å². The lowest BCUT2D eigenvalue weighted by atomic mass is 9.85. The van der Waals surface area contributed by atoms with Gasteiger partial charge in [0.1, 0.15) is 6.54 Å². The Hall–Kier alpha value is -3.32. The number of thiazole rings is 1. The molecule has 2 heterocycles.